The van der Waals surface area contributed by atoms with Crippen LogP contribution in [0.3, 0.4) is 0 Å². The van der Waals surface area contributed by atoms with Crippen molar-refractivity contribution in [1.82, 2.24) is 10.0 Å². The maximum Gasteiger partial charge on any atom is 0.321 e. The quantitative estimate of drug-likeness (QED) is 0.712. The van der Waals surface area contributed by atoms with Gasteiger partial charge in [-0.3, -0.25) is 9.59 Å². The zero-order valence-corrected chi connectivity index (χ0v) is 12.9. The number of carbonyl (C=O) groups is 2. The molecule has 0 aliphatic heterocycles. The van der Waals surface area contributed by atoms with E-state index in [2.05, 4.69) is 14.8 Å². The van der Waals surface area contributed by atoms with Crippen molar-refractivity contribution in [3.8, 4) is 0 Å². The van der Waals surface area contributed by atoms with Gasteiger partial charge in [0.2, 0.25) is 10.0 Å². The van der Waals surface area contributed by atoms with Gasteiger partial charge in [0.1, 0.15) is 6.54 Å². The maximum absolute atomic E-state index is 12.1. The summed E-state index contributed by atoms with van der Waals surface area (Å²) in [7, 11) is -2.40. The Labute approximate surface area is 123 Å². The zero-order valence-electron chi connectivity index (χ0n) is 12.1. The molecule has 0 saturated heterocycles. The first kappa shape index (κ1) is 17.1. The highest BCUT2D eigenvalue weighted by atomic mass is 32.2. The number of esters is 1. The summed E-state index contributed by atoms with van der Waals surface area (Å²) in [5, 5.41) is 2.28. The van der Waals surface area contributed by atoms with Crippen molar-refractivity contribution in [1.29, 1.82) is 0 Å². The molecule has 1 aromatic rings. The number of hydrogen-bond donors (Lipinski definition) is 2. The van der Waals surface area contributed by atoms with E-state index in [0.29, 0.717) is 5.56 Å². The van der Waals surface area contributed by atoms with E-state index < -0.39 is 35.1 Å². The first-order valence-electron chi connectivity index (χ1n) is 6.19. The van der Waals surface area contributed by atoms with E-state index in [-0.39, 0.29) is 4.90 Å². The van der Waals surface area contributed by atoms with E-state index in [1.54, 1.807) is 26.0 Å². The van der Waals surface area contributed by atoms with Gasteiger partial charge in [0.25, 0.3) is 5.91 Å². The van der Waals surface area contributed by atoms with E-state index in [0.717, 1.165) is 5.56 Å². The lowest BCUT2D eigenvalue weighted by Crippen LogP contribution is -2.33. The summed E-state index contributed by atoms with van der Waals surface area (Å²) < 4.78 is 31.0. The van der Waals surface area contributed by atoms with Crippen molar-refractivity contribution in [2.75, 3.05) is 20.2 Å². The molecule has 1 rings (SSSR count). The molecule has 2 N–H and O–H groups in total. The molecule has 1 aromatic carbocycles. The molecule has 0 unspecified atom stereocenters. The summed E-state index contributed by atoms with van der Waals surface area (Å²) >= 11 is 0. The second kappa shape index (κ2) is 7.19. The molecule has 8 heteroatoms. The van der Waals surface area contributed by atoms with E-state index in [4.69, 9.17) is 0 Å². The number of nitrogens with one attached hydrogen (secondary N) is 2. The fourth-order valence-corrected chi connectivity index (χ4v) is 2.79. The summed E-state index contributed by atoms with van der Waals surface area (Å²) in [4.78, 5) is 22.4. The molecule has 0 aliphatic rings. The third-order valence-corrected chi connectivity index (χ3v) is 4.23. The highest BCUT2D eigenvalue weighted by Gasteiger charge is 2.18. The van der Waals surface area contributed by atoms with Crippen LogP contribution in [0.25, 0.3) is 0 Å². The van der Waals surface area contributed by atoms with E-state index in [1.807, 2.05) is 0 Å². The van der Waals surface area contributed by atoms with Crippen LogP contribution in [0.5, 0.6) is 0 Å². The average molecular weight is 314 g/mol. The smallest absolute Gasteiger partial charge is 0.321 e. The van der Waals surface area contributed by atoms with Crippen molar-refractivity contribution in [3.63, 3.8) is 0 Å². The molecule has 21 heavy (non-hydrogen) atoms. The van der Waals surface area contributed by atoms with Crippen LogP contribution in [0.4, 0.5) is 0 Å². The van der Waals surface area contributed by atoms with Crippen molar-refractivity contribution >= 4 is 21.9 Å². The van der Waals surface area contributed by atoms with Crippen molar-refractivity contribution in [3.05, 3.63) is 29.3 Å². The molecule has 0 spiro atoms. The van der Waals surface area contributed by atoms with Gasteiger partial charge in [-0.15, -0.1) is 0 Å². The number of sulfonamides is 1. The lowest BCUT2D eigenvalue weighted by molar-refractivity contribution is -0.147. The SMILES string of the molecule is CNC(=O)COC(=O)CNS(=O)(=O)c1cc(C)ccc1C. The molecule has 1 amide bonds. The number of benzene rings is 1. The zero-order chi connectivity index (χ0) is 16.0. The predicted octanol–water partition coefficient (Wildman–Crippen LogP) is -0.129. The van der Waals surface area contributed by atoms with Crippen LogP contribution >= 0.6 is 0 Å². The van der Waals surface area contributed by atoms with Gasteiger partial charge < -0.3 is 10.1 Å². The first-order chi connectivity index (χ1) is 9.76. The summed E-state index contributed by atoms with van der Waals surface area (Å²) in [6.07, 6.45) is 0. The van der Waals surface area contributed by atoms with Crippen molar-refractivity contribution in [2.24, 2.45) is 0 Å². The second-order valence-electron chi connectivity index (χ2n) is 4.43. The van der Waals surface area contributed by atoms with Crippen LogP contribution < -0.4 is 10.0 Å². The maximum atomic E-state index is 12.1. The fourth-order valence-electron chi connectivity index (χ4n) is 1.50. The van der Waals surface area contributed by atoms with Gasteiger partial charge in [0, 0.05) is 7.05 Å². The number of carbonyl (C=O) groups excluding carboxylic acids is 2. The van der Waals surface area contributed by atoms with Crippen LogP contribution in [0.2, 0.25) is 0 Å². The van der Waals surface area contributed by atoms with Gasteiger partial charge in [0.05, 0.1) is 4.90 Å². The van der Waals surface area contributed by atoms with Gasteiger partial charge in [0.15, 0.2) is 6.61 Å². The monoisotopic (exact) mass is 314 g/mol. The molecule has 0 atom stereocenters. The minimum atomic E-state index is -3.80. The molecule has 116 valence electrons. The number of amides is 1. The standard InChI is InChI=1S/C13H18N2O5S/c1-9-4-5-10(2)11(6-9)21(18,19)15-7-13(17)20-8-12(16)14-3/h4-6,15H,7-8H2,1-3H3,(H,14,16). The fraction of sp³-hybridized carbons (Fsp3) is 0.385. The Morgan fingerprint density at radius 1 is 1.24 bits per heavy atom. The highest BCUT2D eigenvalue weighted by molar-refractivity contribution is 7.89. The first-order valence-corrected chi connectivity index (χ1v) is 7.67. The Balaban J connectivity index is 2.67. The van der Waals surface area contributed by atoms with E-state index >= 15 is 0 Å². The van der Waals surface area contributed by atoms with Gasteiger partial charge in [-0.05, 0) is 31.0 Å². The molecule has 0 saturated carbocycles. The number of rotatable bonds is 6. The lowest BCUT2D eigenvalue weighted by atomic mass is 10.2. The summed E-state index contributed by atoms with van der Waals surface area (Å²) in [6.45, 7) is 2.46. The van der Waals surface area contributed by atoms with Gasteiger partial charge in [-0.2, -0.15) is 4.72 Å². The Morgan fingerprint density at radius 3 is 2.52 bits per heavy atom. The number of aryl methyl sites for hydroxylation is 2. The molecule has 7 nitrogen and oxygen atoms in total. The number of likely N-dealkylation sites (N-methyl/N-ethyl adjacent to an activating group) is 1. The van der Waals surface area contributed by atoms with E-state index in [1.165, 1.54) is 13.1 Å². The van der Waals surface area contributed by atoms with Gasteiger partial charge >= 0.3 is 5.97 Å². The molecule has 0 aromatic heterocycles. The Hall–Kier alpha value is -1.93. The van der Waals surface area contributed by atoms with Crippen molar-refractivity contribution in [2.45, 2.75) is 18.7 Å². The number of ether oxygens (including phenoxy) is 1. The van der Waals surface area contributed by atoms with Gasteiger partial charge in [-0.25, -0.2) is 8.42 Å². The van der Waals surface area contributed by atoms with Crippen LogP contribution in [0, 0.1) is 13.8 Å². The Kier molecular flexibility index (Phi) is 5.86. The van der Waals surface area contributed by atoms with Crippen LogP contribution in [0.1, 0.15) is 11.1 Å². The number of hydrogen-bond acceptors (Lipinski definition) is 5. The molecule has 0 aliphatic carbocycles. The minimum absolute atomic E-state index is 0.113. The van der Waals surface area contributed by atoms with E-state index in [9.17, 15) is 18.0 Å². The highest BCUT2D eigenvalue weighted by Crippen LogP contribution is 2.16. The Morgan fingerprint density at radius 2 is 1.90 bits per heavy atom. The normalized spacial score (nSPS) is 11.0. The van der Waals surface area contributed by atoms with Crippen LogP contribution in [-0.4, -0.2) is 40.5 Å². The molecular formula is C13H18N2O5S. The third kappa shape index (κ3) is 5.16. The van der Waals surface area contributed by atoms with Crippen LogP contribution in [0.15, 0.2) is 23.1 Å². The molecule has 0 fully saturated rings. The summed E-state index contributed by atoms with van der Waals surface area (Å²) in [5.41, 5.74) is 1.37. The summed E-state index contributed by atoms with van der Waals surface area (Å²) in [6, 6.07) is 5.01. The topological polar surface area (TPSA) is 102 Å². The molecule has 0 bridgehead atoms. The van der Waals surface area contributed by atoms with Gasteiger partial charge in [-0.1, -0.05) is 12.1 Å². The molecule has 0 radical (unpaired) electrons. The minimum Gasteiger partial charge on any atom is -0.455 e. The third-order valence-electron chi connectivity index (χ3n) is 2.68. The molecule has 0 heterocycles. The predicted molar refractivity (Wildman–Crippen MR) is 76.1 cm³/mol. The van der Waals surface area contributed by atoms with Crippen molar-refractivity contribution < 1.29 is 22.7 Å². The second-order valence-corrected chi connectivity index (χ2v) is 6.16. The Bertz CT molecular complexity index is 640. The summed E-state index contributed by atoms with van der Waals surface area (Å²) in [5.74, 6) is -1.30. The van der Waals surface area contributed by atoms with Crippen LogP contribution in [-0.2, 0) is 24.3 Å². The average Bonchev–Trinajstić information content (AvgIpc) is 2.45. The lowest BCUT2D eigenvalue weighted by Gasteiger charge is -2.10. The molecular weight excluding hydrogens is 296 g/mol. The largest absolute Gasteiger partial charge is 0.455 e.